The summed E-state index contributed by atoms with van der Waals surface area (Å²) in [6.07, 6.45) is -1.30. The summed E-state index contributed by atoms with van der Waals surface area (Å²) in [4.78, 5) is 21.9. The molecular weight excluding hydrogens is 251 g/mol. The quantitative estimate of drug-likeness (QED) is 0.540. The lowest BCUT2D eigenvalue weighted by Crippen LogP contribution is -2.62. The largest absolute Gasteiger partial charge is 0.465 e. The molecule has 0 aromatic carbocycles. The minimum absolute atomic E-state index is 0.0115. The summed E-state index contributed by atoms with van der Waals surface area (Å²) in [5, 5.41) is 10.5. The molecule has 8 nitrogen and oxygen atoms in total. The summed E-state index contributed by atoms with van der Waals surface area (Å²) in [5.41, 5.74) is 0. The van der Waals surface area contributed by atoms with Crippen molar-refractivity contribution in [3.63, 3.8) is 0 Å². The highest BCUT2D eigenvalue weighted by molar-refractivity contribution is 7.52. The topological polar surface area (TPSA) is 105 Å². The Kier molecular flexibility index (Phi) is 4.50. The smallest absolute Gasteiger partial charge is 0.437 e. The molecule has 0 aromatic rings. The van der Waals surface area contributed by atoms with Crippen LogP contribution in [0.4, 0.5) is 4.79 Å². The molecule has 17 heavy (non-hydrogen) atoms. The number of hydrogen-bond donors (Lipinski definition) is 2. The van der Waals surface area contributed by atoms with Crippen molar-refractivity contribution in [1.82, 2.24) is 9.99 Å². The van der Waals surface area contributed by atoms with Crippen molar-refractivity contribution in [3.05, 3.63) is 0 Å². The molecule has 2 amide bonds. The number of carboxylic acid groups (broad SMARTS) is 1. The Bertz CT molecular complexity index is 350. The van der Waals surface area contributed by atoms with E-state index in [0.717, 1.165) is 4.67 Å². The van der Waals surface area contributed by atoms with Gasteiger partial charge in [-0.2, -0.15) is 0 Å². The molecule has 1 atom stereocenters. The molecule has 0 radical (unpaired) electrons. The molecule has 9 heteroatoms. The summed E-state index contributed by atoms with van der Waals surface area (Å²) in [6, 6.07) is -0.873. The summed E-state index contributed by atoms with van der Waals surface area (Å²) in [6.45, 7) is 3.52. The van der Waals surface area contributed by atoms with Crippen molar-refractivity contribution in [2.24, 2.45) is 0 Å². The summed E-state index contributed by atoms with van der Waals surface area (Å²) in [5.74, 6) is -0.599. The SMILES string of the molecule is CCOP(=O)(OCC)N1CC(NC(=O)O)C1=O. The van der Waals surface area contributed by atoms with Crippen molar-refractivity contribution in [2.75, 3.05) is 19.8 Å². The molecule has 1 aliphatic heterocycles. The highest BCUT2D eigenvalue weighted by Gasteiger charge is 2.49. The second-order valence-corrected chi connectivity index (χ2v) is 5.16. The van der Waals surface area contributed by atoms with Gasteiger partial charge in [-0.05, 0) is 13.8 Å². The van der Waals surface area contributed by atoms with Gasteiger partial charge in [0.05, 0.1) is 19.8 Å². The van der Waals surface area contributed by atoms with Gasteiger partial charge < -0.3 is 10.4 Å². The number of carbonyl (C=O) groups is 2. The Hall–Kier alpha value is -1.11. The molecule has 0 saturated carbocycles. The zero-order valence-corrected chi connectivity index (χ0v) is 10.5. The Labute approximate surface area is 98.5 Å². The van der Waals surface area contributed by atoms with Crippen molar-refractivity contribution < 1.29 is 28.3 Å². The van der Waals surface area contributed by atoms with Crippen LogP contribution in [0.3, 0.4) is 0 Å². The first-order chi connectivity index (χ1) is 7.94. The summed E-state index contributed by atoms with van der Waals surface area (Å²) < 4.78 is 23.0. The predicted molar refractivity (Wildman–Crippen MR) is 57.5 cm³/mol. The van der Waals surface area contributed by atoms with Gasteiger partial charge in [0.15, 0.2) is 0 Å². The van der Waals surface area contributed by atoms with Crippen LogP contribution in [0.2, 0.25) is 0 Å². The van der Waals surface area contributed by atoms with E-state index in [4.69, 9.17) is 14.2 Å². The highest BCUT2D eigenvalue weighted by Crippen LogP contribution is 2.54. The second-order valence-electron chi connectivity index (χ2n) is 3.23. The fraction of sp³-hybridized carbons (Fsp3) is 0.750. The van der Waals surface area contributed by atoms with Gasteiger partial charge in [0.2, 0.25) is 0 Å². The lowest BCUT2D eigenvalue weighted by Gasteiger charge is -2.40. The third-order valence-corrected chi connectivity index (χ3v) is 4.21. The van der Waals surface area contributed by atoms with Crippen LogP contribution in [0, 0.1) is 0 Å². The molecule has 2 N–H and O–H groups in total. The fourth-order valence-electron chi connectivity index (χ4n) is 1.39. The van der Waals surface area contributed by atoms with E-state index in [1.807, 2.05) is 5.32 Å². The number of rotatable bonds is 6. The molecule has 0 aliphatic carbocycles. The number of nitrogens with one attached hydrogen (secondary N) is 1. The minimum atomic E-state index is -3.61. The Morgan fingerprint density at radius 1 is 1.53 bits per heavy atom. The van der Waals surface area contributed by atoms with E-state index in [2.05, 4.69) is 0 Å². The molecule has 1 aliphatic rings. The van der Waals surface area contributed by atoms with Crippen LogP contribution in [0.5, 0.6) is 0 Å². The Morgan fingerprint density at radius 2 is 2.06 bits per heavy atom. The first-order valence-electron chi connectivity index (χ1n) is 5.15. The van der Waals surface area contributed by atoms with E-state index in [1.54, 1.807) is 13.8 Å². The predicted octanol–water partition coefficient (Wildman–Crippen LogP) is 0.646. The zero-order valence-electron chi connectivity index (χ0n) is 9.58. The van der Waals surface area contributed by atoms with Crippen molar-refractivity contribution in [2.45, 2.75) is 19.9 Å². The number of amides is 2. The van der Waals surface area contributed by atoms with Gasteiger partial charge in [0, 0.05) is 0 Å². The van der Waals surface area contributed by atoms with Gasteiger partial charge in [-0.15, -0.1) is 0 Å². The third kappa shape index (κ3) is 2.96. The molecule has 1 heterocycles. The zero-order chi connectivity index (χ0) is 13.1. The van der Waals surface area contributed by atoms with Gasteiger partial charge >= 0.3 is 13.8 Å². The van der Waals surface area contributed by atoms with Crippen molar-refractivity contribution in [3.8, 4) is 0 Å². The molecule has 0 bridgehead atoms. The highest BCUT2D eigenvalue weighted by atomic mass is 31.2. The fourth-order valence-corrected chi connectivity index (χ4v) is 3.14. The van der Waals surface area contributed by atoms with E-state index in [1.165, 1.54) is 0 Å². The normalized spacial score (nSPS) is 20.0. The minimum Gasteiger partial charge on any atom is -0.465 e. The summed E-state index contributed by atoms with van der Waals surface area (Å²) in [7, 11) is -3.61. The van der Waals surface area contributed by atoms with Crippen LogP contribution >= 0.6 is 7.75 Å². The van der Waals surface area contributed by atoms with Gasteiger partial charge in [0.1, 0.15) is 6.04 Å². The molecule has 98 valence electrons. The maximum absolute atomic E-state index is 12.1. The van der Waals surface area contributed by atoms with Gasteiger partial charge in [-0.25, -0.2) is 14.0 Å². The molecule has 1 unspecified atom stereocenters. The first-order valence-corrected chi connectivity index (χ1v) is 6.64. The van der Waals surface area contributed by atoms with Crippen molar-refractivity contribution in [1.29, 1.82) is 0 Å². The van der Waals surface area contributed by atoms with E-state index in [0.29, 0.717) is 0 Å². The van der Waals surface area contributed by atoms with Crippen LogP contribution in [0.15, 0.2) is 0 Å². The first kappa shape index (κ1) is 14.0. The maximum Gasteiger partial charge on any atom is 0.437 e. The van der Waals surface area contributed by atoms with Gasteiger partial charge in [0.25, 0.3) is 5.91 Å². The lowest BCUT2D eigenvalue weighted by atomic mass is 10.2. The Balaban J connectivity index is 2.65. The van der Waals surface area contributed by atoms with Gasteiger partial charge in [-0.1, -0.05) is 0 Å². The Morgan fingerprint density at radius 3 is 2.41 bits per heavy atom. The molecule has 1 rings (SSSR count). The van der Waals surface area contributed by atoms with Crippen LogP contribution in [0.1, 0.15) is 13.8 Å². The number of carbonyl (C=O) groups excluding carboxylic acids is 1. The maximum atomic E-state index is 12.1. The second kappa shape index (κ2) is 5.48. The molecule has 1 fully saturated rings. The van der Waals surface area contributed by atoms with Gasteiger partial charge in [-0.3, -0.25) is 13.8 Å². The van der Waals surface area contributed by atoms with Crippen molar-refractivity contribution >= 4 is 19.7 Å². The van der Waals surface area contributed by atoms with Crippen LogP contribution in [0.25, 0.3) is 0 Å². The van der Waals surface area contributed by atoms with E-state index >= 15 is 0 Å². The summed E-state index contributed by atoms with van der Waals surface area (Å²) >= 11 is 0. The average molecular weight is 266 g/mol. The average Bonchev–Trinajstić information content (AvgIpc) is 2.23. The number of nitrogens with zero attached hydrogens (tertiary/aromatic N) is 1. The van der Waals surface area contributed by atoms with E-state index in [-0.39, 0.29) is 19.8 Å². The monoisotopic (exact) mass is 266 g/mol. The molecular formula is C8H15N2O6P. The molecule has 0 spiro atoms. The van der Waals surface area contributed by atoms with E-state index < -0.39 is 25.8 Å². The third-order valence-electron chi connectivity index (χ3n) is 2.09. The van der Waals surface area contributed by atoms with Crippen LogP contribution in [-0.2, 0) is 18.4 Å². The number of β-lactam (4-membered cyclic amide) rings is 1. The van der Waals surface area contributed by atoms with Crippen LogP contribution in [-0.4, -0.2) is 47.6 Å². The lowest BCUT2D eigenvalue weighted by molar-refractivity contribution is -0.138. The van der Waals surface area contributed by atoms with E-state index in [9.17, 15) is 14.2 Å². The standard InChI is InChI=1S/C8H15N2O6P/c1-3-15-17(14,16-4-2)10-5-6(7(10)11)9-8(12)13/h6,9H,3-5H2,1-2H3,(H,12,13). The molecule has 1 saturated heterocycles. The van der Waals surface area contributed by atoms with Crippen LogP contribution < -0.4 is 5.32 Å². The number of hydrogen-bond acceptors (Lipinski definition) is 5. The molecule has 0 aromatic heterocycles.